The van der Waals surface area contributed by atoms with Crippen molar-refractivity contribution in [3.8, 4) is 0 Å². The summed E-state index contributed by atoms with van der Waals surface area (Å²) in [6.45, 7) is 2.55. The Hall–Kier alpha value is -1.88. The molecule has 5 heteroatoms. The van der Waals surface area contributed by atoms with Crippen molar-refractivity contribution in [3.63, 3.8) is 0 Å². The zero-order valence-corrected chi connectivity index (χ0v) is 9.99. The van der Waals surface area contributed by atoms with Crippen LogP contribution in [-0.4, -0.2) is 25.5 Å². The standard InChI is InChI=1S/C12H17N3O2/c1-3-14-10(9-7-5-4-6-8-9)11(16)15-12(17)13-2/h4-8,10,14H,3H2,1-2H3,(H2,13,15,16,17)/t10-/m1/s1. The molecule has 17 heavy (non-hydrogen) atoms. The summed E-state index contributed by atoms with van der Waals surface area (Å²) in [5.74, 6) is -0.364. The van der Waals surface area contributed by atoms with Gasteiger partial charge in [0.15, 0.2) is 0 Å². The third-order valence-electron chi connectivity index (χ3n) is 2.27. The molecule has 1 aromatic rings. The largest absolute Gasteiger partial charge is 0.341 e. The Kier molecular flexibility index (Phi) is 5.16. The molecule has 0 saturated heterocycles. The number of amides is 3. The van der Waals surface area contributed by atoms with Gasteiger partial charge in [-0.2, -0.15) is 0 Å². The van der Waals surface area contributed by atoms with Crippen LogP contribution in [0, 0.1) is 0 Å². The highest BCUT2D eigenvalue weighted by Crippen LogP contribution is 2.12. The maximum atomic E-state index is 11.9. The summed E-state index contributed by atoms with van der Waals surface area (Å²) in [6, 6.07) is 8.25. The number of urea groups is 1. The van der Waals surface area contributed by atoms with E-state index in [-0.39, 0.29) is 5.91 Å². The van der Waals surface area contributed by atoms with Crippen LogP contribution in [0.3, 0.4) is 0 Å². The first-order chi connectivity index (χ1) is 8.19. The van der Waals surface area contributed by atoms with E-state index in [0.29, 0.717) is 6.54 Å². The van der Waals surface area contributed by atoms with Crippen molar-refractivity contribution >= 4 is 11.9 Å². The summed E-state index contributed by atoms with van der Waals surface area (Å²) in [6.07, 6.45) is 0. The molecule has 0 spiro atoms. The number of likely N-dealkylation sites (N-methyl/N-ethyl adjacent to an activating group) is 1. The average Bonchev–Trinajstić information content (AvgIpc) is 2.36. The second-order valence-electron chi connectivity index (χ2n) is 3.47. The van der Waals surface area contributed by atoms with Crippen molar-refractivity contribution in [2.45, 2.75) is 13.0 Å². The van der Waals surface area contributed by atoms with E-state index in [9.17, 15) is 9.59 Å². The predicted octanol–water partition coefficient (Wildman–Crippen LogP) is 0.793. The molecule has 0 aliphatic heterocycles. The van der Waals surface area contributed by atoms with Crippen molar-refractivity contribution in [3.05, 3.63) is 35.9 Å². The summed E-state index contributed by atoms with van der Waals surface area (Å²) in [5, 5.41) is 7.64. The van der Waals surface area contributed by atoms with Gasteiger partial charge in [0.2, 0.25) is 5.91 Å². The second kappa shape index (κ2) is 6.65. The minimum atomic E-state index is -0.515. The van der Waals surface area contributed by atoms with Crippen LogP contribution in [0.4, 0.5) is 4.79 Å². The monoisotopic (exact) mass is 235 g/mol. The first kappa shape index (κ1) is 13.2. The summed E-state index contributed by atoms with van der Waals surface area (Å²) < 4.78 is 0. The number of carbonyl (C=O) groups excluding carboxylic acids is 2. The number of hydrogen-bond acceptors (Lipinski definition) is 3. The van der Waals surface area contributed by atoms with Crippen LogP contribution in [0.25, 0.3) is 0 Å². The number of hydrogen-bond donors (Lipinski definition) is 3. The molecule has 0 heterocycles. The van der Waals surface area contributed by atoms with E-state index in [0.717, 1.165) is 5.56 Å². The fourth-order valence-electron chi connectivity index (χ4n) is 1.46. The summed E-state index contributed by atoms with van der Waals surface area (Å²) >= 11 is 0. The molecule has 92 valence electrons. The topological polar surface area (TPSA) is 70.2 Å². The van der Waals surface area contributed by atoms with E-state index in [1.807, 2.05) is 37.3 Å². The van der Waals surface area contributed by atoms with Crippen LogP contribution in [0.15, 0.2) is 30.3 Å². The van der Waals surface area contributed by atoms with E-state index in [1.165, 1.54) is 7.05 Å². The molecule has 0 radical (unpaired) electrons. The Morgan fingerprint density at radius 1 is 1.24 bits per heavy atom. The van der Waals surface area contributed by atoms with Gasteiger partial charge in [0, 0.05) is 7.05 Å². The van der Waals surface area contributed by atoms with Gasteiger partial charge >= 0.3 is 6.03 Å². The molecule has 1 aromatic carbocycles. The maximum Gasteiger partial charge on any atom is 0.321 e. The summed E-state index contributed by atoms with van der Waals surface area (Å²) in [7, 11) is 1.47. The van der Waals surface area contributed by atoms with Crippen molar-refractivity contribution in [1.82, 2.24) is 16.0 Å². The van der Waals surface area contributed by atoms with Gasteiger partial charge in [-0.3, -0.25) is 10.1 Å². The number of rotatable bonds is 4. The van der Waals surface area contributed by atoms with Crippen molar-refractivity contribution in [2.75, 3.05) is 13.6 Å². The molecule has 0 aliphatic rings. The van der Waals surface area contributed by atoms with Crippen molar-refractivity contribution < 1.29 is 9.59 Å². The van der Waals surface area contributed by atoms with Gasteiger partial charge in [-0.1, -0.05) is 37.3 Å². The SMILES string of the molecule is CCN[C@@H](C(=O)NC(=O)NC)c1ccccc1. The van der Waals surface area contributed by atoms with Gasteiger partial charge in [-0.05, 0) is 12.1 Å². The quantitative estimate of drug-likeness (QED) is 0.722. The second-order valence-corrected chi connectivity index (χ2v) is 3.47. The van der Waals surface area contributed by atoms with Gasteiger partial charge in [-0.25, -0.2) is 4.79 Å². The summed E-state index contributed by atoms with van der Waals surface area (Å²) in [5.41, 5.74) is 0.829. The molecule has 5 nitrogen and oxygen atoms in total. The molecule has 0 aromatic heterocycles. The molecule has 0 fully saturated rings. The van der Waals surface area contributed by atoms with Crippen LogP contribution >= 0.6 is 0 Å². The minimum Gasteiger partial charge on any atom is -0.341 e. The minimum absolute atomic E-state index is 0.364. The molecule has 1 rings (SSSR count). The zero-order valence-electron chi connectivity index (χ0n) is 9.99. The molecule has 1 atom stereocenters. The number of imide groups is 1. The molecule has 0 unspecified atom stereocenters. The Morgan fingerprint density at radius 2 is 1.88 bits per heavy atom. The van der Waals surface area contributed by atoms with Gasteiger partial charge < -0.3 is 10.6 Å². The van der Waals surface area contributed by atoms with E-state index in [4.69, 9.17) is 0 Å². The van der Waals surface area contributed by atoms with Crippen LogP contribution < -0.4 is 16.0 Å². The van der Waals surface area contributed by atoms with E-state index < -0.39 is 12.1 Å². The Morgan fingerprint density at radius 3 is 2.41 bits per heavy atom. The molecule has 3 N–H and O–H groups in total. The average molecular weight is 235 g/mol. The molecule has 0 aliphatic carbocycles. The van der Waals surface area contributed by atoms with Gasteiger partial charge in [-0.15, -0.1) is 0 Å². The lowest BCUT2D eigenvalue weighted by molar-refractivity contribution is -0.122. The van der Waals surface area contributed by atoms with Crippen LogP contribution in [0.1, 0.15) is 18.5 Å². The highest BCUT2D eigenvalue weighted by atomic mass is 16.2. The first-order valence-electron chi connectivity index (χ1n) is 5.50. The highest BCUT2D eigenvalue weighted by molar-refractivity contribution is 5.97. The Bertz CT molecular complexity index is 379. The third-order valence-corrected chi connectivity index (χ3v) is 2.27. The number of benzene rings is 1. The van der Waals surface area contributed by atoms with E-state index in [2.05, 4.69) is 16.0 Å². The lowest BCUT2D eigenvalue weighted by atomic mass is 10.1. The molecular weight excluding hydrogens is 218 g/mol. The molecular formula is C12H17N3O2. The fourth-order valence-corrected chi connectivity index (χ4v) is 1.46. The van der Waals surface area contributed by atoms with Gasteiger partial charge in [0.25, 0.3) is 0 Å². The lowest BCUT2D eigenvalue weighted by Crippen LogP contribution is -2.44. The molecule has 0 bridgehead atoms. The van der Waals surface area contributed by atoms with Gasteiger partial charge in [0.1, 0.15) is 6.04 Å². The van der Waals surface area contributed by atoms with Crippen molar-refractivity contribution in [1.29, 1.82) is 0 Å². The molecule has 0 saturated carbocycles. The van der Waals surface area contributed by atoms with Crippen molar-refractivity contribution in [2.24, 2.45) is 0 Å². The predicted molar refractivity (Wildman–Crippen MR) is 65.5 cm³/mol. The molecule has 3 amide bonds. The highest BCUT2D eigenvalue weighted by Gasteiger charge is 2.20. The normalized spacial score (nSPS) is 11.6. The lowest BCUT2D eigenvalue weighted by Gasteiger charge is -2.17. The van der Waals surface area contributed by atoms with Crippen LogP contribution in [-0.2, 0) is 4.79 Å². The van der Waals surface area contributed by atoms with E-state index in [1.54, 1.807) is 0 Å². The zero-order chi connectivity index (χ0) is 12.7. The first-order valence-corrected chi connectivity index (χ1v) is 5.50. The third kappa shape index (κ3) is 3.88. The number of nitrogens with one attached hydrogen (secondary N) is 3. The van der Waals surface area contributed by atoms with Crippen LogP contribution in [0.2, 0.25) is 0 Å². The fraction of sp³-hybridized carbons (Fsp3) is 0.333. The van der Waals surface area contributed by atoms with Crippen LogP contribution in [0.5, 0.6) is 0 Å². The Labute approximate surface area is 101 Å². The maximum absolute atomic E-state index is 11.9. The number of carbonyl (C=O) groups is 2. The van der Waals surface area contributed by atoms with E-state index >= 15 is 0 Å². The Balaban J connectivity index is 2.79. The van der Waals surface area contributed by atoms with Gasteiger partial charge in [0.05, 0.1) is 0 Å². The summed E-state index contributed by atoms with van der Waals surface area (Å²) in [4.78, 5) is 23.0. The smallest absolute Gasteiger partial charge is 0.321 e.